The predicted octanol–water partition coefficient (Wildman–Crippen LogP) is 3.58. The van der Waals surface area contributed by atoms with Crippen molar-refractivity contribution in [3.8, 4) is 0 Å². The maximum absolute atomic E-state index is 12.2. The lowest BCUT2D eigenvalue weighted by atomic mass is 10.1. The van der Waals surface area contributed by atoms with Gasteiger partial charge in [-0.15, -0.1) is 0 Å². The van der Waals surface area contributed by atoms with E-state index in [1.807, 2.05) is 42.5 Å². The van der Waals surface area contributed by atoms with E-state index in [2.05, 4.69) is 15.3 Å². The number of hydrogen-bond acceptors (Lipinski definition) is 5. The molecule has 132 valence electrons. The third-order valence-corrected chi connectivity index (χ3v) is 4.07. The summed E-state index contributed by atoms with van der Waals surface area (Å²) in [5.41, 5.74) is 2.24. The molecule has 0 unspecified atom stereocenters. The van der Waals surface area contributed by atoms with E-state index in [1.54, 1.807) is 30.6 Å². The number of ether oxygens (including phenoxy) is 1. The van der Waals surface area contributed by atoms with Crippen molar-refractivity contribution in [3.05, 3.63) is 78.6 Å². The molecule has 3 aromatic carbocycles. The van der Waals surface area contributed by atoms with Gasteiger partial charge in [0.25, 0.3) is 5.91 Å². The molecular formula is C21H15N3O3. The standard InChI is InChI=1S/C21H15N3O3/c25-20(24-17-7-5-14-3-1-2-4-15(14)11-17)13-27-21(26)16-6-8-18-19(12-16)23-10-9-22-18/h1-12H,13H2,(H,24,25). The minimum absolute atomic E-state index is 0.321. The van der Waals surface area contributed by atoms with E-state index in [0.29, 0.717) is 22.3 Å². The van der Waals surface area contributed by atoms with Gasteiger partial charge < -0.3 is 10.1 Å². The molecule has 0 bridgehead atoms. The molecule has 0 saturated carbocycles. The zero-order valence-electron chi connectivity index (χ0n) is 14.3. The Morgan fingerprint density at radius 2 is 1.63 bits per heavy atom. The van der Waals surface area contributed by atoms with Crippen LogP contribution in [0, 0.1) is 0 Å². The number of nitrogens with one attached hydrogen (secondary N) is 1. The number of amides is 1. The van der Waals surface area contributed by atoms with Crippen LogP contribution in [-0.2, 0) is 9.53 Å². The van der Waals surface area contributed by atoms with Crippen LogP contribution in [-0.4, -0.2) is 28.5 Å². The SMILES string of the molecule is O=C(COC(=O)c1ccc2nccnc2c1)Nc1ccc2ccccc2c1. The van der Waals surface area contributed by atoms with Crippen LogP contribution in [0.5, 0.6) is 0 Å². The molecule has 1 heterocycles. The fourth-order valence-corrected chi connectivity index (χ4v) is 2.77. The molecule has 0 aliphatic carbocycles. The van der Waals surface area contributed by atoms with Gasteiger partial charge in [0.15, 0.2) is 6.61 Å². The smallest absolute Gasteiger partial charge is 0.338 e. The summed E-state index contributed by atoms with van der Waals surface area (Å²) in [6, 6.07) is 18.3. The summed E-state index contributed by atoms with van der Waals surface area (Å²) in [7, 11) is 0. The molecule has 27 heavy (non-hydrogen) atoms. The summed E-state index contributed by atoms with van der Waals surface area (Å²) < 4.78 is 5.10. The van der Waals surface area contributed by atoms with Gasteiger partial charge in [0, 0.05) is 18.1 Å². The summed E-state index contributed by atoms with van der Waals surface area (Å²) in [5.74, 6) is -0.990. The van der Waals surface area contributed by atoms with Crippen molar-refractivity contribution < 1.29 is 14.3 Å². The van der Waals surface area contributed by atoms with Crippen LogP contribution >= 0.6 is 0 Å². The maximum atomic E-state index is 12.2. The van der Waals surface area contributed by atoms with E-state index < -0.39 is 11.9 Å². The third-order valence-electron chi connectivity index (χ3n) is 4.07. The summed E-state index contributed by atoms with van der Waals surface area (Å²) in [6.45, 7) is -0.371. The van der Waals surface area contributed by atoms with Gasteiger partial charge in [-0.2, -0.15) is 0 Å². The highest BCUT2D eigenvalue weighted by atomic mass is 16.5. The minimum atomic E-state index is -0.587. The quantitative estimate of drug-likeness (QED) is 0.565. The Kier molecular flexibility index (Phi) is 4.45. The van der Waals surface area contributed by atoms with Crippen molar-refractivity contribution >= 4 is 39.4 Å². The monoisotopic (exact) mass is 357 g/mol. The van der Waals surface area contributed by atoms with Gasteiger partial charge in [0.05, 0.1) is 16.6 Å². The van der Waals surface area contributed by atoms with E-state index in [-0.39, 0.29) is 6.61 Å². The van der Waals surface area contributed by atoms with E-state index in [0.717, 1.165) is 10.8 Å². The lowest BCUT2D eigenvalue weighted by Crippen LogP contribution is -2.20. The number of hydrogen-bond donors (Lipinski definition) is 1. The van der Waals surface area contributed by atoms with Crippen molar-refractivity contribution in [2.45, 2.75) is 0 Å². The number of nitrogens with zero attached hydrogens (tertiary/aromatic N) is 2. The van der Waals surface area contributed by atoms with Crippen LogP contribution < -0.4 is 5.32 Å². The fourth-order valence-electron chi connectivity index (χ4n) is 2.77. The first-order valence-electron chi connectivity index (χ1n) is 8.35. The number of carbonyl (C=O) groups excluding carboxylic acids is 2. The topological polar surface area (TPSA) is 81.2 Å². The van der Waals surface area contributed by atoms with Gasteiger partial charge in [-0.1, -0.05) is 30.3 Å². The van der Waals surface area contributed by atoms with Gasteiger partial charge in [0.1, 0.15) is 0 Å². The van der Waals surface area contributed by atoms with Crippen LogP contribution in [0.1, 0.15) is 10.4 Å². The summed E-state index contributed by atoms with van der Waals surface area (Å²) in [6.07, 6.45) is 3.13. The molecule has 6 nitrogen and oxygen atoms in total. The Labute approximate surface area is 154 Å². The number of rotatable bonds is 4. The molecule has 1 amide bonds. The Bertz CT molecular complexity index is 1160. The number of anilines is 1. The zero-order chi connectivity index (χ0) is 18.6. The third kappa shape index (κ3) is 3.74. The fraction of sp³-hybridized carbons (Fsp3) is 0.0476. The van der Waals surface area contributed by atoms with Gasteiger partial charge in [-0.3, -0.25) is 14.8 Å². The van der Waals surface area contributed by atoms with Crippen molar-refractivity contribution in [2.75, 3.05) is 11.9 Å². The maximum Gasteiger partial charge on any atom is 0.338 e. The summed E-state index contributed by atoms with van der Waals surface area (Å²) in [5, 5.41) is 4.83. The lowest BCUT2D eigenvalue weighted by Gasteiger charge is -2.08. The molecule has 0 atom stereocenters. The highest BCUT2D eigenvalue weighted by Crippen LogP contribution is 2.19. The highest BCUT2D eigenvalue weighted by Gasteiger charge is 2.12. The summed E-state index contributed by atoms with van der Waals surface area (Å²) >= 11 is 0. The van der Waals surface area contributed by atoms with Crippen LogP contribution in [0.2, 0.25) is 0 Å². The molecule has 4 rings (SSSR count). The Morgan fingerprint density at radius 3 is 2.48 bits per heavy atom. The molecule has 0 radical (unpaired) electrons. The predicted molar refractivity (Wildman–Crippen MR) is 102 cm³/mol. The average Bonchev–Trinajstić information content (AvgIpc) is 2.71. The Hall–Kier alpha value is -3.80. The van der Waals surface area contributed by atoms with Crippen molar-refractivity contribution in [1.29, 1.82) is 0 Å². The second-order valence-corrected chi connectivity index (χ2v) is 5.95. The first-order chi connectivity index (χ1) is 13.2. The Morgan fingerprint density at radius 1 is 0.852 bits per heavy atom. The molecule has 4 aromatic rings. The van der Waals surface area contributed by atoms with Crippen molar-refractivity contribution in [1.82, 2.24) is 9.97 Å². The molecule has 6 heteroatoms. The van der Waals surface area contributed by atoms with Crippen LogP contribution in [0.15, 0.2) is 73.1 Å². The molecule has 0 saturated heterocycles. The van der Waals surface area contributed by atoms with E-state index >= 15 is 0 Å². The molecular weight excluding hydrogens is 342 g/mol. The van der Waals surface area contributed by atoms with Gasteiger partial charge in [0.2, 0.25) is 0 Å². The molecule has 0 aliphatic heterocycles. The number of aromatic nitrogens is 2. The molecule has 0 spiro atoms. The number of fused-ring (bicyclic) bond motifs is 2. The second kappa shape index (κ2) is 7.21. The number of benzene rings is 3. The lowest BCUT2D eigenvalue weighted by molar-refractivity contribution is -0.119. The van der Waals surface area contributed by atoms with E-state index in [1.165, 1.54) is 0 Å². The normalized spacial score (nSPS) is 10.7. The largest absolute Gasteiger partial charge is 0.452 e. The Balaban J connectivity index is 1.39. The van der Waals surface area contributed by atoms with E-state index in [4.69, 9.17) is 4.74 Å². The molecule has 0 aliphatic rings. The highest BCUT2D eigenvalue weighted by molar-refractivity contribution is 5.98. The van der Waals surface area contributed by atoms with E-state index in [9.17, 15) is 9.59 Å². The van der Waals surface area contributed by atoms with Gasteiger partial charge in [-0.05, 0) is 41.1 Å². The molecule has 0 fully saturated rings. The number of carbonyl (C=O) groups is 2. The van der Waals surface area contributed by atoms with Crippen LogP contribution in [0.3, 0.4) is 0 Å². The first-order valence-corrected chi connectivity index (χ1v) is 8.35. The second-order valence-electron chi connectivity index (χ2n) is 5.95. The average molecular weight is 357 g/mol. The van der Waals surface area contributed by atoms with Crippen molar-refractivity contribution in [2.24, 2.45) is 0 Å². The number of esters is 1. The van der Waals surface area contributed by atoms with Gasteiger partial charge in [-0.25, -0.2) is 4.79 Å². The summed E-state index contributed by atoms with van der Waals surface area (Å²) in [4.78, 5) is 32.6. The molecule has 1 N–H and O–H groups in total. The minimum Gasteiger partial charge on any atom is -0.452 e. The molecule has 1 aromatic heterocycles. The van der Waals surface area contributed by atoms with Crippen molar-refractivity contribution in [3.63, 3.8) is 0 Å². The van der Waals surface area contributed by atoms with Gasteiger partial charge >= 0.3 is 5.97 Å². The zero-order valence-corrected chi connectivity index (χ0v) is 14.3. The first kappa shape index (κ1) is 16.7. The van der Waals surface area contributed by atoms with Crippen LogP contribution in [0.4, 0.5) is 5.69 Å². The van der Waals surface area contributed by atoms with Crippen LogP contribution in [0.25, 0.3) is 21.8 Å².